The second-order valence-corrected chi connectivity index (χ2v) is 8.81. The van der Waals surface area contributed by atoms with Gasteiger partial charge in [-0.3, -0.25) is 14.2 Å². The molecule has 0 aliphatic heterocycles. The summed E-state index contributed by atoms with van der Waals surface area (Å²) >= 11 is 2.88. The SMILES string of the molecule is CSc1cccc(NC(=O)Cn2cnc3nc(N(C)Cc4ccccc4)sc3c2=O)c1. The van der Waals surface area contributed by atoms with E-state index in [2.05, 4.69) is 15.3 Å². The van der Waals surface area contributed by atoms with E-state index >= 15 is 0 Å². The fourth-order valence-electron chi connectivity index (χ4n) is 3.09. The van der Waals surface area contributed by atoms with Gasteiger partial charge in [0.25, 0.3) is 5.56 Å². The first-order chi connectivity index (χ1) is 15.0. The van der Waals surface area contributed by atoms with Crippen molar-refractivity contribution in [2.75, 3.05) is 23.5 Å². The zero-order valence-electron chi connectivity index (χ0n) is 17.1. The van der Waals surface area contributed by atoms with Crippen LogP contribution >= 0.6 is 23.1 Å². The van der Waals surface area contributed by atoms with Crippen molar-refractivity contribution in [2.24, 2.45) is 0 Å². The molecule has 0 bridgehead atoms. The van der Waals surface area contributed by atoms with Crippen molar-refractivity contribution < 1.29 is 4.79 Å². The van der Waals surface area contributed by atoms with Gasteiger partial charge < -0.3 is 10.2 Å². The number of hydrogen-bond acceptors (Lipinski definition) is 7. The highest BCUT2D eigenvalue weighted by molar-refractivity contribution is 7.98. The fraction of sp³-hybridized carbons (Fsp3) is 0.182. The van der Waals surface area contributed by atoms with E-state index in [4.69, 9.17) is 0 Å². The topological polar surface area (TPSA) is 80.1 Å². The molecule has 0 saturated carbocycles. The molecule has 1 N–H and O–H groups in total. The number of carbonyl (C=O) groups excluding carboxylic acids is 1. The van der Waals surface area contributed by atoms with Crippen LogP contribution < -0.4 is 15.8 Å². The smallest absolute Gasteiger partial charge is 0.273 e. The lowest BCUT2D eigenvalue weighted by Crippen LogP contribution is -2.27. The molecule has 158 valence electrons. The first-order valence-electron chi connectivity index (χ1n) is 9.58. The fourth-order valence-corrected chi connectivity index (χ4v) is 4.48. The van der Waals surface area contributed by atoms with Crippen LogP contribution in [0.3, 0.4) is 0 Å². The molecule has 0 aliphatic rings. The number of amides is 1. The Bertz CT molecular complexity index is 1270. The van der Waals surface area contributed by atoms with E-state index in [0.717, 1.165) is 10.5 Å². The average Bonchev–Trinajstić information content (AvgIpc) is 3.22. The Morgan fingerprint density at radius 1 is 1.19 bits per heavy atom. The van der Waals surface area contributed by atoms with E-state index in [1.807, 2.05) is 72.8 Å². The molecular formula is C22H21N5O2S2. The minimum Gasteiger partial charge on any atom is -0.347 e. The first-order valence-corrected chi connectivity index (χ1v) is 11.6. The predicted molar refractivity (Wildman–Crippen MR) is 127 cm³/mol. The highest BCUT2D eigenvalue weighted by Gasteiger charge is 2.15. The summed E-state index contributed by atoms with van der Waals surface area (Å²) in [6.45, 7) is 0.560. The third-order valence-electron chi connectivity index (χ3n) is 4.63. The van der Waals surface area contributed by atoms with Gasteiger partial charge in [0, 0.05) is 24.2 Å². The lowest BCUT2D eigenvalue weighted by Gasteiger charge is -2.15. The molecule has 2 aromatic heterocycles. The summed E-state index contributed by atoms with van der Waals surface area (Å²) in [5.74, 6) is -0.285. The van der Waals surface area contributed by atoms with Gasteiger partial charge in [-0.2, -0.15) is 4.98 Å². The number of anilines is 2. The summed E-state index contributed by atoms with van der Waals surface area (Å²) in [5.41, 5.74) is 1.97. The molecule has 0 fully saturated rings. The van der Waals surface area contributed by atoms with Crippen LogP contribution in [0.1, 0.15) is 5.56 Å². The summed E-state index contributed by atoms with van der Waals surface area (Å²) in [6, 6.07) is 17.6. The Balaban J connectivity index is 1.51. The molecule has 7 nitrogen and oxygen atoms in total. The van der Waals surface area contributed by atoms with Gasteiger partial charge in [-0.05, 0) is 30.0 Å². The van der Waals surface area contributed by atoms with Crippen LogP contribution in [0.4, 0.5) is 10.8 Å². The Kier molecular flexibility index (Phi) is 6.34. The maximum Gasteiger partial charge on any atom is 0.273 e. The minimum absolute atomic E-state index is 0.113. The van der Waals surface area contributed by atoms with Crippen LogP contribution in [0.15, 0.2) is 70.6 Å². The minimum atomic E-state index is -0.285. The maximum absolute atomic E-state index is 12.9. The normalized spacial score (nSPS) is 10.9. The van der Waals surface area contributed by atoms with Gasteiger partial charge in [0.05, 0.1) is 0 Å². The molecular weight excluding hydrogens is 430 g/mol. The maximum atomic E-state index is 12.9. The standard InChI is InChI=1S/C22H21N5O2S2/c1-26(12-15-7-4-3-5-8-15)22-25-20-19(31-22)21(29)27(14-23-20)13-18(28)24-16-9-6-10-17(11-16)30-2/h3-11,14H,12-13H2,1-2H3,(H,24,28). The number of carbonyl (C=O) groups is 1. The number of aromatic nitrogens is 3. The molecule has 4 rings (SSSR count). The van der Waals surface area contributed by atoms with Crippen LogP contribution in [0.2, 0.25) is 0 Å². The molecule has 0 atom stereocenters. The van der Waals surface area contributed by atoms with Crippen molar-refractivity contribution in [3.8, 4) is 0 Å². The summed E-state index contributed by atoms with van der Waals surface area (Å²) in [4.78, 5) is 37.2. The van der Waals surface area contributed by atoms with E-state index in [9.17, 15) is 9.59 Å². The number of fused-ring (bicyclic) bond motifs is 1. The summed E-state index contributed by atoms with van der Waals surface area (Å²) in [7, 11) is 1.93. The Hall–Kier alpha value is -3.17. The van der Waals surface area contributed by atoms with Gasteiger partial charge in [0.15, 0.2) is 10.8 Å². The molecule has 31 heavy (non-hydrogen) atoms. The number of benzene rings is 2. The molecule has 0 saturated heterocycles. The third-order valence-corrected chi connectivity index (χ3v) is 6.50. The zero-order chi connectivity index (χ0) is 21.8. The summed E-state index contributed by atoms with van der Waals surface area (Å²) < 4.78 is 1.75. The van der Waals surface area contributed by atoms with E-state index < -0.39 is 0 Å². The van der Waals surface area contributed by atoms with Crippen molar-refractivity contribution in [1.29, 1.82) is 0 Å². The number of rotatable bonds is 7. The lowest BCUT2D eigenvalue weighted by atomic mass is 10.2. The molecule has 0 spiro atoms. The van der Waals surface area contributed by atoms with E-state index in [1.165, 1.54) is 22.2 Å². The average molecular weight is 452 g/mol. The first kappa shape index (κ1) is 21.1. The number of thiazole rings is 1. The molecule has 1 amide bonds. The quantitative estimate of drug-likeness (QED) is 0.430. The van der Waals surface area contributed by atoms with Crippen LogP contribution in [0.5, 0.6) is 0 Å². The number of nitrogens with one attached hydrogen (secondary N) is 1. The van der Waals surface area contributed by atoms with Crippen molar-refractivity contribution in [2.45, 2.75) is 18.0 Å². The van der Waals surface area contributed by atoms with E-state index in [1.54, 1.807) is 11.8 Å². The van der Waals surface area contributed by atoms with Crippen molar-refractivity contribution in [3.05, 3.63) is 76.8 Å². The number of nitrogens with zero attached hydrogens (tertiary/aromatic N) is 4. The van der Waals surface area contributed by atoms with Gasteiger partial charge in [-0.25, -0.2) is 4.98 Å². The van der Waals surface area contributed by atoms with Gasteiger partial charge in [-0.15, -0.1) is 11.8 Å². The second-order valence-electron chi connectivity index (χ2n) is 6.95. The van der Waals surface area contributed by atoms with Crippen LogP contribution in [0.25, 0.3) is 10.3 Å². The molecule has 0 unspecified atom stereocenters. The van der Waals surface area contributed by atoms with Crippen molar-refractivity contribution in [1.82, 2.24) is 14.5 Å². The number of hydrogen-bond donors (Lipinski definition) is 1. The molecule has 0 aliphatic carbocycles. The Morgan fingerprint density at radius 2 is 2.00 bits per heavy atom. The van der Waals surface area contributed by atoms with Gasteiger partial charge in [-0.1, -0.05) is 47.7 Å². The highest BCUT2D eigenvalue weighted by atomic mass is 32.2. The molecule has 2 heterocycles. The Labute approximate surface area is 187 Å². The molecule has 4 aromatic rings. The monoisotopic (exact) mass is 451 g/mol. The van der Waals surface area contributed by atoms with Crippen LogP contribution in [0, 0.1) is 0 Å². The predicted octanol–water partition coefficient (Wildman–Crippen LogP) is 3.85. The Morgan fingerprint density at radius 3 is 2.77 bits per heavy atom. The second kappa shape index (κ2) is 9.32. The van der Waals surface area contributed by atoms with Crippen LogP contribution in [-0.2, 0) is 17.9 Å². The summed E-state index contributed by atoms with van der Waals surface area (Å²) in [6.07, 6.45) is 3.35. The van der Waals surface area contributed by atoms with Gasteiger partial charge in [0.2, 0.25) is 5.91 Å². The molecule has 0 radical (unpaired) electrons. The highest BCUT2D eigenvalue weighted by Crippen LogP contribution is 2.25. The van der Waals surface area contributed by atoms with E-state index in [-0.39, 0.29) is 18.0 Å². The summed E-state index contributed by atoms with van der Waals surface area (Å²) in [5, 5.41) is 3.54. The number of thioether (sulfide) groups is 1. The van der Waals surface area contributed by atoms with Gasteiger partial charge in [0.1, 0.15) is 17.6 Å². The third kappa shape index (κ3) is 4.95. The van der Waals surface area contributed by atoms with Crippen LogP contribution in [-0.4, -0.2) is 33.7 Å². The van der Waals surface area contributed by atoms with Crippen molar-refractivity contribution >= 4 is 50.2 Å². The zero-order valence-corrected chi connectivity index (χ0v) is 18.7. The lowest BCUT2D eigenvalue weighted by molar-refractivity contribution is -0.116. The molecule has 9 heteroatoms. The van der Waals surface area contributed by atoms with E-state index in [0.29, 0.717) is 27.7 Å². The molecule has 2 aromatic carbocycles. The largest absolute Gasteiger partial charge is 0.347 e. The van der Waals surface area contributed by atoms with Gasteiger partial charge >= 0.3 is 0 Å². The van der Waals surface area contributed by atoms with Crippen molar-refractivity contribution in [3.63, 3.8) is 0 Å².